The first-order valence-corrected chi connectivity index (χ1v) is 4.92. The topological polar surface area (TPSA) is 21.3 Å². The fourth-order valence-corrected chi connectivity index (χ4v) is 1.26. The summed E-state index contributed by atoms with van der Waals surface area (Å²) in [5.74, 6) is -0.0367. The highest BCUT2D eigenvalue weighted by molar-refractivity contribution is 5.29. The molecule has 0 aliphatic heterocycles. The van der Waals surface area contributed by atoms with Gasteiger partial charge in [-0.1, -0.05) is 12.1 Å². The van der Waals surface area contributed by atoms with Crippen molar-refractivity contribution in [2.45, 2.75) is 13.0 Å². The SMILES string of the molecule is C=CCCNCc1ccc(OC)c(F)c1. The highest BCUT2D eigenvalue weighted by Crippen LogP contribution is 2.17. The molecule has 0 saturated heterocycles. The summed E-state index contributed by atoms with van der Waals surface area (Å²) in [5, 5.41) is 3.19. The van der Waals surface area contributed by atoms with Gasteiger partial charge in [-0.05, 0) is 30.7 Å². The fourth-order valence-electron chi connectivity index (χ4n) is 1.26. The number of rotatable bonds is 6. The average molecular weight is 209 g/mol. The van der Waals surface area contributed by atoms with E-state index in [1.54, 1.807) is 6.07 Å². The van der Waals surface area contributed by atoms with Crippen molar-refractivity contribution >= 4 is 0 Å². The van der Waals surface area contributed by atoms with Crippen LogP contribution in [0, 0.1) is 5.82 Å². The first-order chi connectivity index (χ1) is 7.27. The molecule has 0 spiro atoms. The highest BCUT2D eigenvalue weighted by atomic mass is 19.1. The minimum atomic E-state index is -0.319. The van der Waals surface area contributed by atoms with Gasteiger partial charge in [0, 0.05) is 6.54 Å². The maximum atomic E-state index is 13.3. The predicted molar refractivity (Wildman–Crippen MR) is 59.5 cm³/mol. The lowest BCUT2D eigenvalue weighted by Gasteiger charge is -2.06. The lowest BCUT2D eigenvalue weighted by Crippen LogP contribution is -2.14. The van der Waals surface area contributed by atoms with Crippen LogP contribution in [0.15, 0.2) is 30.9 Å². The fraction of sp³-hybridized carbons (Fsp3) is 0.333. The zero-order valence-corrected chi connectivity index (χ0v) is 8.92. The number of halogens is 1. The standard InChI is InChI=1S/C12H16FNO/c1-3-4-7-14-9-10-5-6-12(15-2)11(13)8-10/h3,5-6,8,14H,1,4,7,9H2,2H3. The van der Waals surface area contributed by atoms with Crippen LogP contribution in [0.1, 0.15) is 12.0 Å². The van der Waals surface area contributed by atoms with Crippen LogP contribution in [0.2, 0.25) is 0 Å². The van der Waals surface area contributed by atoms with E-state index in [0.29, 0.717) is 6.54 Å². The Labute approximate surface area is 89.8 Å². The van der Waals surface area contributed by atoms with Gasteiger partial charge in [0.25, 0.3) is 0 Å². The zero-order valence-electron chi connectivity index (χ0n) is 8.92. The van der Waals surface area contributed by atoms with E-state index in [9.17, 15) is 4.39 Å². The van der Waals surface area contributed by atoms with E-state index in [4.69, 9.17) is 4.74 Å². The second-order valence-corrected chi connectivity index (χ2v) is 3.22. The van der Waals surface area contributed by atoms with E-state index >= 15 is 0 Å². The molecule has 0 saturated carbocycles. The molecular weight excluding hydrogens is 193 g/mol. The van der Waals surface area contributed by atoms with Gasteiger partial charge in [0.1, 0.15) is 0 Å². The van der Waals surface area contributed by atoms with Crippen molar-refractivity contribution in [1.82, 2.24) is 5.32 Å². The predicted octanol–water partition coefficient (Wildman–Crippen LogP) is 2.50. The maximum Gasteiger partial charge on any atom is 0.165 e. The third-order valence-corrected chi connectivity index (χ3v) is 2.07. The third kappa shape index (κ3) is 3.72. The molecule has 15 heavy (non-hydrogen) atoms. The zero-order chi connectivity index (χ0) is 11.1. The molecule has 0 heterocycles. The Morgan fingerprint density at radius 2 is 2.33 bits per heavy atom. The van der Waals surface area contributed by atoms with Crippen LogP contribution < -0.4 is 10.1 Å². The highest BCUT2D eigenvalue weighted by Gasteiger charge is 2.02. The van der Waals surface area contributed by atoms with Crippen LogP contribution >= 0.6 is 0 Å². The van der Waals surface area contributed by atoms with Gasteiger partial charge >= 0.3 is 0 Å². The molecule has 0 bridgehead atoms. The van der Waals surface area contributed by atoms with Gasteiger partial charge in [-0.3, -0.25) is 0 Å². The summed E-state index contributed by atoms with van der Waals surface area (Å²) in [4.78, 5) is 0. The van der Waals surface area contributed by atoms with E-state index in [0.717, 1.165) is 18.5 Å². The first-order valence-electron chi connectivity index (χ1n) is 4.92. The summed E-state index contributed by atoms with van der Waals surface area (Å²) in [6.45, 7) is 5.15. The first kappa shape index (κ1) is 11.7. The van der Waals surface area contributed by atoms with Crippen LogP contribution in [-0.4, -0.2) is 13.7 Å². The van der Waals surface area contributed by atoms with E-state index in [1.807, 2.05) is 12.1 Å². The Balaban J connectivity index is 2.48. The third-order valence-electron chi connectivity index (χ3n) is 2.07. The molecule has 1 rings (SSSR count). The van der Waals surface area contributed by atoms with Crippen molar-refractivity contribution in [3.8, 4) is 5.75 Å². The summed E-state index contributed by atoms with van der Waals surface area (Å²) in [6.07, 6.45) is 2.76. The molecule has 82 valence electrons. The molecule has 0 aromatic heterocycles. The molecule has 0 unspecified atom stereocenters. The number of hydrogen-bond donors (Lipinski definition) is 1. The smallest absolute Gasteiger partial charge is 0.165 e. The van der Waals surface area contributed by atoms with Crippen molar-refractivity contribution in [3.05, 3.63) is 42.2 Å². The number of methoxy groups -OCH3 is 1. The van der Waals surface area contributed by atoms with Crippen molar-refractivity contribution in [1.29, 1.82) is 0 Å². The van der Waals surface area contributed by atoms with Crippen molar-refractivity contribution in [3.63, 3.8) is 0 Å². The van der Waals surface area contributed by atoms with E-state index in [2.05, 4.69) is 11.9 Å². The molecule has 2 nitrogen and oxygen atoms in total. The molecule has 0 amide bonds. The second kappa shape index (κ2) is 6.19. The second-order valence-electron chi connectivity index (χ2n) is 3.22. The van der Waals surface area contributed by atoms with Crippen molar-refractivity contribution in [2.24, 2.45) is 0 Å². The van der Waals surface area contributed by atoms with E-state index in [1.165, 1.54) is 13.2 Å². The average Bonchev–Trinajstić information content (AvgIpc) is 2.25. The molecule has 0 fully saturated rings. The summed E-state index contributed by atoms with van der Waals surface area (Å²) >= 11 is 0. The minimum Gasteiger partial charge on any atom is -0.494 e. The molecule has 1 aromatic rings. The van der Waals surface area contributed by atoms with Gasteiger partial charge < -0.3 is 10.1 Å². The van der Waals surface area contributed by atoms with Crippen molar-refractivity contribution < 1.29 is 9.13 Å². The normalized spacial score (nSPS) is 10.0. The van der Waals surface area contributed by atoms with Crippen LogP contribution in [0.25, 0.3) is 0 Å². The Morgan fingerprint density at radius 1 is 1.53 bits per heavy atom. The van der Waals surface area contributed by atoms with Gasteiger partial charge in [-0.25, -0.2) is 4.39 Å². The molecule has 1 N–H and O–H groups in total. The lowest BCUT2D eigenvalue weighted by molar-refractivity contribution is 0.386. The summed E-state index contributed by atoms with van der Waals surface area (Å²) in [5.41, 5.74) is 0.914. The minimum absolute atomic E-state index is 0.282. The lowest BCUT2D eigenvalue weighted by atomic mass is 10.2. The maximum absolute atomic E-state index is 13.3. The summed E-state index contributed by atoms with van der Waals surface area (Å²) < 4.78 is 18.1. The molecule has 0 atom stereocenters. The monoisotopic (exact) mass is 209 g/mol. The largest absolute Gasteiger partial charge is 0.494 e. The molecule has 0 aliphatic carbocycles. The quantitative estimate of drug-likeness (QED) is 0.574. The Bertz CT molecular complexity index is 325. The molecule has 0 radical (unpaired) electrons. The van der Waals surface area contributed by atoms with Crippen LogP contribution in [0.4, 0.5) is 4.39 Å². The Hall–Kier alpha value is -1.35. The van der Waals surface area contributed by atoms with Gasteiger partial charge in [0.15, 0.2) is 11.6 Å². The van der Waals surface area contributed by atoms with Gasteiger partial charge in [-0.2, -0.15) is 0 Å². The summed E-state index contributed by atoms with van der Waals surface area (Å²) in [7, 11) is 1.46. The van der Waals surface area contributed by atoms with Crippen molar-refractivity contribution in [2.75, 3.05) is 13.7 Å². The Morgan fingerprint density at radius 3 is 2.93 bits per heavy atom. The Kier molecular flexibility index (Phi) is 4.84. The van der Waals surface area contributed by atoms with Gasteiger partial charge in [-0.15, -0.1) is 6.58 Å². The number of hydrogen-bond acceptors (Lipinski definition) is 2. The van der Waals surface area contributed by atoms with Crippen LogP contribution in [-0.2, 0) is 6.54 Å². The number of benzene rings is 1. The molecule has 0 aliphatic rings. The van der Waals surface area contributed by atoms with Gasteiger partial charge in [0.2, 0.25) is 0 Å². The van der Waals surface area contributed by atoms with Crippen LogP contribution in [0.5, 0.6) is 5.75 Å². The van der Waals surface area contributed by atoms with E-state index in [-0.39, 0.29) is 11.6 Å². The molecule has 3 heteroatoms. The van der Waals surface area contributed by atoms with Crippen LogP contribution in [0.3, 0.4) is 0 Å². The van der Waals surface area contributed by atoms with Gasteiger partial charge in [0.05, 0.1) is 7.11 Å². The number of nitrogens with one attached hydrogen (secondary N) is 1. The van der Waals surface area contributed by atoms with E-state index < -0.39 is 0 Å². The molecular formula is C12H16FNO. The molecule has 1 aromatic carbocycles. The summed E-state index contributed by atoms with van der Waals surface area (Å²) in [6, 6.07) is 4.97. The number of ether oxygens (including phenoxy) is 1.